The molecule has 0 spiro atoms. The summed E-state index contributed by atoms with van der Waals surface area (Å²) < 4.78 is 6.98. The standard InChI is InChI=1S/C18H22N4O2S/c1-3-21-11-6-8-14(21)17-16(13-7-4-5-10-19-13)20-18(25)22(17)12-9-15(23)24-2/h4-8,10-11,16-17H,3,9,12H2,1-2H3,(H,20,25)/t16-,17+/m1/s1. The minimum Gasteiger partial charge on any atom is -0.469 e. The minimum absolute atomic E-state index is 0.0259. The number of pyridine rings is 1. The number of rotatable bonds is 6. The molecule has 0 bridgehead atoms. The number of ether oxygens (including phenoxy) is 1. The Labute approximate surface area is 152 Å². The predicted molar refractivity (Wildman–Crippen MR) is 98.9 cm³/mol. The number of hydrogen-bond acceptors (Lipinski definition) is 4. The topological polar surface area (TPSA) is 59.4 Å². The van der Waals surface area contributed by atoms with E-state index in [1.165, 1.54) is 7.11 Å². The van der Waals surface area contributed by atoms with Crippen LogP contribution in [0.15, 0.2) is 42.7 Å². The minimum atomic E-state index is -0.242. The molecule has 1 aliphatic heterocycles. The number of hydrogen-bond donors (Lipinski definition) is 1. The normalized spacial score (nSPS) is 19.8. The Morgan fingerprint density at radius 3 is 2.88 bits per heavy atom. The number of nitrogens with zero attached hydrogens (tertiary/aromatic N) is 3. The highest BCUT2D eigenvalue weighted by molar-refractivity contribution is 7.80. The van der Waals surface area contributed by atoms with E-state index in [-0.39, 0.29) is 24.5 Å². The molecule has 7 heteroatoms. The Balaban J connectivity index is 1.96. The Hall–Kier alpha value is -2.41. The van der Waals surface area contributed by atoms with Crippen LogP contribution in [0.3, 0.4) is 0 Å². The van der Waals surface area contributed by atoms with Crippen molar-refractivity contribution in [3.63, 3.8) is 0 Å². The smallest absolute Gasteiger partial charge is 0.307 e. The quantitative estimate of drug-likeness (QED) is 0.632. The second-order valence-corrected chi connectivity index (χ2v) is 6.25. The van der Waals surface area contributed by atoms with Crippen molar-refractivity contribution >= 4 is 23.3 Å². The highest BCUT2D eigenvalue weighted by atomic mass is 32.1. The van der Waals surface area contributed by atoms with E-state index >= 15 is 0 Å². The lowest BCUT2D eigenvalue weighted by atomic mass is 10.0. The van der Waals surface area contributed by atoms with Gasteiger partial charge in [-0.1, -0.05) is 6.07 Å². The summed E-state index contributed by atoms with van der Waals surface area (Å²) in [6.07, 6.45) is 4.13. The van der Waals surface area contributed by atoms with Crippen LogP contribution in [-0.4, -0.2) is 39.2 Å². The second kappa shape index (κ2) is 7.65. The van der Waals surface area contributed by atoms with Crippen LogP contribution in [0.25, 0.3) is 0 Å². The van der Waals surface area contributed by atoms with Crippen molar-refractivity contribution < 1.29 is 9.53 Å². The molecule has 2 aromatic rings. The molecular weight excluding hydrogens is 336 g/mol. The van der Waals surface area contributed by atoms with Gasteiger partial charge in [-0.05, 0) is 43.4 Å². The van der Waals surface area contributed by atoms with Crippen molar-refractivity contribution in [2.75, 3.05) is 13.7 Å². The van der Waals surface area contributed by atoms with Crippen LogP contribution in [-0.2, 0) is 16.1 Å². The zero-order chi connectivity index (χ0) is 17.8. The molecule has 0 aliphatic carbocycles. The number of thiocarbonyl (C=S) groups is 1. The van der Waals surface area contributed by atoms with E-state index in [1.54, 1.807) is 6.20 Å². The van der Waals surface area contributed by atoms with E-state index in [0.717, 1.165) is 17.9 Å². The second-order valence-electron chi connectivity index (χ2n) is 5.87. The van der Waals surface area contributed by atoms with Gasteiger partial charge in [-0.15, -0.1) is 0 Å². The van der Waals surface area contributed by atoms with Crippen LogP contribution in [0.5, 0.6) is 0 Å². The zero-order valence-electron chi connectivity index (χ0n) is 14.4. The van der Waals surface area contributed by atoms with Gasteiger partial charge in [0.15, 0.2) is 5.11 Å². The SMILES string of the molecule is CCn1cccc1[C@H]1[C@@H](c2ccccn2)NC(=S)N1CCC(=O)OC. The first kappa shape index (κ1) is 17.4. The number of nitrogens with one attached hydrogen (secondary N) is 1. The largest absolute Gasteiger partial charge is 0.469 e. The summed E-state index contributed by atoms with van der Waals surface area (Å²) in [5.74, 6) is -0.242. The van der Waals surface area contributed by atoms with Crippen LogP contribution < -0.4 is 5.32 Å². The maximum Gasteiger partial charge on any atom is 0.307 e. The maximum atomic E-state index is 11.6. The third-order valence-corrected chi connectivity index (χ3v) is 4.84. The van der Waals surface area contributed by atoms with Crippen LogP contribution in [0.1, 0.15) is 36.8 Å². The highest BCUT2D eigenvalue weighted by Crippen LogP contribution is 2.38. The van der Waals surface area contributed by atoms with Gasteiger partial charge in [0.05, 0.1) is 31.3 Å². The van der Waals surface area contributed by atoms with E-state index in [1.807, 2.05) is 24.3 Å². The average Bonchev–Trinajstić information content (AvgIpc) is 3.24. The first-order valence-electron chi connectivity index (χ1n) is 8.35. The third-order valence-electron chi connectivity index (χ3n) is 4.49. The molecule has 0 radical (unpaired) electrons. The van der Waals surface area contributed by atoms with Crippen LogP contribution >= 0.6 is 12.2 Å². The van der Waals surface area contributed by atoms with E-state index in [9.17, 15) is 4.79 Å². The summed E-state index contributed by atoms with van der Waals surface area (Å²) in [5, 5.41) is 4.01. The fourth-order valence-electron chi connectivity index (χ4n) is 3.27. The number of aryl methyl sites for hydroxylation is 1. The molecule has 25 heavy (non-hydrogen) atoms. The van der Waals surface area contributed by atoms with Crippen molar-refractivity contribution in [2.45, 2.75) is 32.0 Å². The molecule has 3 rings (SSSR count). The number of methoxy groups -OCH3 is 1. The van der Waals surface area contributed by atoms with Crippen molar-refractivity contribution in [1.82, 2.24) is 19.8 Å². The van der Waals surface area contributed by atoms with Crippen LogP contribution in [0.2, 0.25) is 0 Å². The van der Waals surface area contributed by atoms with Crippen molar-refractivity contribution in [1.29, 1.82) is 0 Å². The highest BCUT2D eigenvalue weighted by Gasteiger charge is 2.40. The Bertz CT molecular complexity index is 747. The molecule has 0 aromatic carbocycles. The number of carbonyl (C=O) groups excluding carboxylic acids is 1. The molecule has 0 amide bonds. The summed E-state index contributed by atoms with van der Waals surface area (Å²) in [7, 11) is 1.40. The Morgan fingerprint density at radius 2 is 2.20 bits per heavy atom. The molecule has 1 fully saturated rings. The van der Waals surface area contributed by atoms with Gasteiger partial charge in [0.1, 0.15) is 0 Å². The van der Waals surface area contributed by atoms with E-state index in [0.29, 0.717) is 11.7 Å². The number of carbonyl (C=O) groups is 1. The van der Waals surface area contributed by atoms with Crippen molar-refractivity contribution in [3.05, 3.63) is 54.1 Å². The monoisotopic (exact) mass is 358 g/mol. The number of aromatic nitrogens is 2. The molecule has 3 heterocycles. The Morgan fingerprint density at radius 1 is 1.36 bits per heavy atom. The van der Waals surface area contributed by atoms with E-state index < -0.39 is 0 Å². The fraction of sp³-hybridized carbons (Fsp3) is 0.389. The molecular formula is C18H22N4O2S. The summed E-state index contributed by atoms with van der Waals surface area (Å²) in [5.41, 5.74) is 2.08. The first-order chi connectivity index (χ1) is 12.2. The van der Waals surface area contributed by atoms with Crippen LogP contribution in [0, 0.1) is 0 Å². The summed E-state index contributed by atoms with van der Waals surface area (Å²) in [6, 6.07) is 9.92. The fourth-order valence-corrected chi connectivity index (χ4v) is 3.60. The molecule has 1 N–H and O–H groups in total. The molecule has 6 nitrogen and oxygen atoms in total. The van der Waals surface area contributed by atoms with Crippen molar-refractivity contribution in [2.24, 2.45) is 0 Å². The van der Waals surface area contributed by atoms with Gasteiger partial charge in [-0.2, -0.15) is 0 Å². The van der Waals surface area contributed by atoms with E-state index in [2.05, 4.69) is 39.0 Å². The summed E-state index contributed by atoms with van der Waals surface area (Å²) in [4.78, 5) is 18.2. The lowest BCUT2D eigenvalue weighted by Gasteiger charge is -2.28. The molecule has 2 aromatic heterocycles. The predicted octanol–water partition coefficient (Wildman–Crippen LogP) is 2.44. The maximum absolute atomic E-state index is 11.6. The van der Waals surface area contributed by atoms with Gasteiger partial charge in [-0.25, -0.2) is 0 Å². The molecule has 2 atom stereocenters. The van der Waals surface area contributed by atoms with E-state index in [4.69, 9.17) is 17.0 Å². The molecule has 1 saturated heterocycles. The number of esters is 1. The van der Waals surface area contributed by atoms with Gasteiger partial charge in [0.2, 0.25) is 0 Å². The van der Waals surface area contributed by atoms with Gasteiger partial charge in [0, 0.05) is 31.2 Å². The summed E-state index contributed by atoms with van der Waals surface area (Å²) in [6.45, 7) is 3.48. The first-order valence-corrected chi connectivity index (χ1v) is 8.76. The van der Waals surface area contributed by atoms with Gasteiger partial charge >= 0.3 is 5.97 Å². The average molecular weight is 358 g/mol. The third kappa shape index (κ3) is 3.51. The Kier molecular flexibility index (Phi) is 5.33. The lowest BCUT2D eigenvalue weighted by molar-refractivity contribution is -0.140. The molecule has 132 valence electrons. The molecule has 1 aliphatic rings. The zero-order valence-corrected chi connectivity index (χ0v) is 15.2. The summed E-state index contributed by atoms with van der Waals surface area (Å²) >= 11 is 5.56. The van der Waals surface area contributed by atoms with Crippen LogP contribution in [0.4, 0.5) is 0 Å². The van der Waals surface area contributed by atoms with Gasteiger partial charge in [-0.3, -0.25) is 9.78 Å². The molecule has 0 unspecified atom stereocenters. The molecule has 0 saturated carbocycles. The van der Waals surface area contributed by atoms with Crippen molar-refractivity contribution in [3.8, 4) is 0 Å². The van der Waals surface area contributed by atoms with Gasteiger partial charge in [0.25, 0.3) is 0 Å². The van der Waals surface area contributed by atoms with Gasteiger partial charge < -0.3 is 19.5 Å². The lowest BCUT2D eigenvalue weighted by Crippen LogP contribution is -2.32.